The van der Waals surface area contributed by atoms with E-state index < -0.39 is 0 Å². The first-order valence-electron chi connectivity index (χ1n) is 8.19. The van der Waals surface area contributed by atoms with Gasteiger partial charge in [-0.2, -0.15) is 0 Å². The standard InChI is InChI=1S/C19H16N4O2S/c1-12-10-18-20-21-19(22(18)17-9-4-3-8-16(12)17)26-13(2)14-6-5-7-15(11-14)23(24)25/h3-11,13H,1-2H3. The molecule has 2 heterocycles. The van der Waals surface area contributed by atoms with Crippen LogP contribution in [0.5, 0.6) is 0 Å². The monoisotopic (exact) mass is 364 g/mol. The highest BCUT2D eigenvalue weighted by Crippen LogP contribution is 2.36. The molecule has 2 aromatic carbocycles. The van der Waals surface area contributed by atoms with Crippen LogP contribution < -0.4 is 0 Å². The minimum Gasteiger partial charge on any atom is -0.270 e. The Morgan fingerprint density at radius 2 is 1.92 bits per heavy atom. The fraction of sp³-hybridized carbons (Fsp3) is 0.158. The summed E-state index contributed by atoms with van der Waals surface area (Å²) in [6.07, 6.45) is 0. The molecule has 1 unspecified atom stereocenters. The zero-order valence-electron chi connectivity index (χ0n) is 14.3. The van der Waals surface area contributed by atoms with E-state index in [2.05, 4.69) is 29.3 Å². The lowest BCUT2D eigenvalue weighted by molar-refractivity contribution is -0.384. The molecule has 130 valence electrons. The molecule has 4 aromatic rings. The first-order chi connectivity index (χ1) is 12.5. The number of fused-ring (bicyclic) bond motifs is 3. The number of hydrogen-bond donors (Lipinski definition) is 0. The van der Waals surface area contributed by atoms with Crippen molar-refractivity contribution in [2.24, 2.45) is 0 Å². The van der Waals surface area contributed by atoms with Gasteiger partial charge in [-0.1, -0.05) is 42.1 Å². The Kier molecular flexibility index (Phi) is 4.08. The number of para-hydroxylation sites is 1. The molecule has 0 amide bonds. The number of hydrogen-bond acceptors (Lipinski definition) is 5. The van der Waals surface area contributed by atoms with E-state index in [1.807, 2.05) is 35.6 Å². The van der Waals surface area contributed by atoms with E-state index in [9.17, 15) is 10.1 Å². The molecule has 0 N–H and O–H groups in total. The van der Waals surface area contributed by atoms with Crippen molar-refractivity contribution in [2.75, 3.05) is 0 Å². The van der Waals surface area contributed by atoms with Crippen LogP contribution in [0.3, 0.4) is 0 Å². The van der Waals surface area contributed by atoms with Crippen LogP contribution in [0.1, 0.15) is 23.3 Å². The first-order valence-corrected chi connectivity index (χ1v) is 9.07. The van der Waals surface area contributed by atoms with E-state index in [1.165, 1.54) is 6.07 Å². The molecule has 0 saturated carbocycles. The predicted molar refractivity (Wildman–Crippen MR) is 103 cm³/mol. The Labute approximate surface area is 154 Å². The lowest BCUT2D eigenvalue weighted by atomic mass is 10.1. The Balaban J connectivity index is 1.77. The van der Waals surface area contributed by atoms with Crippen molar-refractivity contribution in [2.45, 2.75) is 24.3 Å². The second kappa shape index (κ2) is 6.42. The largest absolute Gasteiger partial charge is 0.270 e. The normalized spacial score (nSPS) is 12.5. The highest BCUT2D eigenvalue weighted by Gasteiger charge is 2.17. The minimum atomic E-state index is -0.371. The molecular formula is C19H16N4O2S. The van der Waals surface area contributed by atoms with Gasteiger partial charge in [0.1, 0.15) is 0 Å². The molecule has 7 heteroatoms. The summed E-state index contributed by atoms with van der Waals surface area (Å²) in [7, 11) is 0. The number of aromatic nitrogens is 3. The average molecular weight is 364 g/mol. The fourth-order valence-electron chi connectivity index (χ4n) is 3.07. The highest BCUT2D eigenvalue weighted by molar-refractivity contribution is 7.99. The van der Waals surface area contributed by atoms with Crippen molar-refractivity contribution in [3.05, 3.63) is 75.8 Å². The number of benzene rings is 2. The Hall–Kier alpha value is -2.93. The molecule has 0 saturated heterocycles. The summed E-state index contributed by atoms with van der Waals surface area (Å²) in [5.41, 5.74) is 4.00. The molecule has 0 aliphatic heterocycles. The van der Waals surface area contributed by atoms with Crippen LogP contribution in [0.15, 0.2) is 59.8 Å². The molecule has 0 bridgehead atoms. The summed E-state index contributed by atoms with van der Waals surface area (Å²) in [5.74, 6) is 0. The predicted octanol–water partition coefficient (Wildman–Crippen LogP) is 4.95. The number of nitro groups is 1. The molecule has 1 atom stereocenters. The number of aryl methyl sites for hydroxylation is 1. The highest BCUT2D eigenvalue weighted by atomic mass is 32.2. The molecule has 0 radical (unpaired) electrons. The van der Waals surface area contributed by atoms with E-state index in [1.54, 1.807) is 23.9 Å². The van der Waals surface area contributed by atoms with Gasteiger partial charge in [-0.05, 0) is 37.1 Å². The van der Waals surface area contributed by atoms with Crippen LogP contribution >= 0.6 is 11.8 Å². The van der Waals surface area contributed by atoms with Crippen molar-refractivity contribution in [1.82, 2.24) is 14.6 Å². The second-order valence-corrected chi connectivity index (χ2v) is 7.44. The number of nitro benzene ring substituents is 1. The van der Waals surface area contributed by atoms with Gasteiger partial charge in [-0.25, -0.2) is 0 Å². The number of nitrogens with zero attached hydrogens (tertiary/aromatic N) is 4. The van der Waals surface area contributed by atoms with E-state index in [0.717, 1.165) is 32.8 Å². The Bertz CT molecular complexity index is 1140. The van der Waals surface area contributed by atoms with Crippen LogP contribution in [-0.4, -0.2) is 19.5 Å². The van der Waals surface area contributed by atoms with Crippen molar-refractivity contribution < 1.29 is 4.92 Å². The van der Waals surface area contributed by atoms with Gasteiger partial charge in [-0.15, -0.1) is 10.2 Å². The maximum absolute atomic E-state index is 11.0. The van der Waals surface area contributed by atoms with Gasteiger partial charge < -0.3 is 0 Å². The summed E-state index contributed by atoms with van der Waals surface area (Å²) in [6, 6.07) is 16.9. The van der Waals surface area contributed by atoms with Gasteiger partial charge in [0.15, 0.2) is 10.8 Å². The zero-order chi connectivity index (χ0) is 18.3. The summed E-state index contributed by atoms with van der Waals surface area (Å²) < 4.78 is 2.04. The van der Waals surface area contributed by atoms with E-state index >= 15 is 0 Å². The molecular weight excluding hydrogens is 348 g/mol. The zero-order valence-corrected chi connectivity index (χ0v) is 15.1. The molecule has 0 aliphatic carbocycles. The fourth-order valence-corrected chi connectivity index (χ4v) is 4.05. The third-order valence-electron chi connectivity index (χ3n) is 4.41. The third kappa shape index (κ3) is 2.80. The lowest BCUT2D eigenvalue weighted by Gasteiger charge is -2.11. The van der Waals surface area contributed by atoms with Crippen molar-refractivity contribution >= 4 is 34.0 Å². The maximum atomic E-state index is 11.0. The van der Waals surface area contributed by atoms with Gasteiger partial charge >= 0.3 is 0 Å². The molecule has 4 rings (SSSR count). The summed E-state index contributed by atoms with van der Waals surface area (Å²) in [5, 5.41) is 21.6. The van der Waals surface area contributed by atoms with Gasteiger partial charge in [0.25, 0.3) is 5.69 Å². The van der Waals surface area contributed by atoms with Gasteiger partial charge in [0, 0.05) is 22.8 Å². The first kappa shape index (κ1) is 16.5. The molecule has 26 heavy (non-hydrogen) atoms. The van der Waals surface area contributed by atoms with Crippen molar-refractivity contribution in [3.63, 3.8) is 0 Å². The van der Waals surface area contributed by atoms with Crippen molar-refractivity contribution in [3.8, 4) is 0 Å². The van der Waals surface area contributed by atoms with Gasteiger partial charge in [0.05, 0.1) is 10.4 Å². The topological polar surface area (TPSA) is 73.3 Å². The van der Waals surface area contributed by atoms with E-state index in [4.69, 9.17) is 0 Å². The summed E-state index contributed by atoms with van der Waals surface area (Å²) in [6.45, 7) is 4.08. The Morgan fingerprint density at radius 3 is 2.73 bits per heavy atom. The van der Waals surface area contributed by atoms with Crippen LogP contribution in [0.25, 0.3) is 16.6 Å². The third-order valence-corrected chi connectivity index (χ3v) is 5.51. The van der Waals surface area contributed by atoms with Crippen molar-refractivity contribution in [1.29, 1.82) is 0 Å². The van der Waals surface area contributed by atoms with Crippen LogP contribution in [0, 0.1) is 17.0 Å². The molecule has 6 nitrogen and oxygen atoms in total. The molecule has 0 aliphatic rings. The second-order valence-electron chi connectivity index (χ2n) is 6.13. The summed E-state index contributed by atoms with van der Waals surface area (Å²) in [4.78, 5) is 10.6. The quantitative estimate of drug-likeness (QED) is 0.291. The number of pyridine rings is 1. The maximum Gasteiger partial charge on any atom is 0.269 e. The van der Waals surface area contributed by atoms with Crippen LogP contribution in [-0.2, 0) is 0 Å². The molecule has 0 fully saturated rings. The Morgan fingerprint density at radius 1 is 1.12 bits per heavy atom. The smallest absolute Gasteiger partial charge is 0.269 e. The number of thioether (sulfide) groups is 1. The van der Waals surface area contributed by atoms with Gasteiger partial charge in [-0.3, -0.25) is 14.5 Å². The summed E-state index contributed by atoms with van der Waals surface area (Å²) >= 11 is 1.54. The average Bonchev–Trinajstić information content (AvgIpc) is 3.04. The molecule has 2 aromatic heterocycles. The number of non-ortho nitro benzene ring substituents is 1. The van der Waals surface area contributed by atoms with E-state index in [0.29, 0.717) is 0 Å². The minimum absolute atomic E-state index is 0.00219. The molecule has 0 spiro atoms. The van der Waals surface area contributed by atoms with E-state index in [-0.39, 0.29) is 15.9 Å². The lowest BCUT2D eigenvalue weighted by Crippen LogP contribution is -1.96. The van der Waals surface area contributed by atoms with Crippen LogP contribution in [0.4, 0.5) is 5.69 Å². The SMILES string of the molecule is Cc1cc2nnc(SC(C)c3cccc([N+](=O)[O-])c3)n2c2ccccc12. The van der Waals surface area contributed by atoms with Gasteiger partial charge in [0.2, 0.25) is 0 Å². The number of rotatable bonds is 4. The van der Waals surface area contributed by atoms with Crippen LogP contribution in [0.2, 0.25) is 0 Å².